The summed E-state index contributed by atoms with van der Waals surface area (Å²) in [5.41, 5.74) is 3.84. The van der Waals surface area contributed by atoms with Gasteiger partial charge in [0.05, 0.1) is 0 Å². The molecule has 0 spiro atoms. The molecule has 0 fully saturated rings. The van der Waals surface area contributed by atoms with E-state index in [1.165, 1.54) is 16.7 Å². The smallest absolute Gasteiger partial charge is 0.0406 e. The van der Waals surface area contributed by atoms with Gasteiger partial charge in [-0.2, -0.15) is 0 Å². The Hall–Kier alpha value is -0.830. The molecule has 0 radical (unpaired) electrons. The summed E-state index contributed by atoms with van der Waals surface area (Å²) in [5.74, 6) is 0. The van der Waals surface area contributed by atoms with Gasteiger partial charge in [-0.15, -0.1) is 0 Å². The number of nitrogens with one attached hydrogen (secondary N) is 1. The average molecular weight is 339 g/mol. The SMILES string of the molecule is CNC(Cc1ccc(Cl)cc1)c1cc(C)ccc1Br. The van der Waals surface area contributed by atoms with Gasteiger partial charge in [-0.05, 0) is 49.7 Å². The number of likely N-dealkylation sites (N-methyl/N-ethyl adjacent to an activating group) is 1. The van der Waals surface area contributed by atoms with E-state index in [-0.39, 0.29) is 6.04 Å². The van der Waals surface area contributed by atoms with Crippen LogP contribution in [-0.2, 0) is 6.42 Å². The molecule has 0 aliphatic rings. The van der Waals surface area contributed by atoms with Gasteiger partial charge < -0.3 is 5.32 Å². The second-order valence-corrected chi connectivity index (χ2v) is 5.99. The van der Waals surface area contributed by atoms with Gasteiger partial charge >= 0.3 is 0 Å². The molecule has 0 saturated heterocycles. The Labute approximate surface area is 128 Å². The van der Waals surface area contributed by atoms with E-state index in [1.807, 2.05) is 19.2 Å². The number of hydrogen-bond donors (Lipinski definition) is 1. The molecule has 1 unspecified atom stereocenters. The fraction of sp³-hybridized carbons (Fsp3) is 0.250. The standard InChI is InChI=1S/C16H17BrClN/c1-11-3-8-15(17)14(9-11)16(19-2)10-12-4-6-13(18)7-5-12/h3-9,16,19H,10H2,1-2H3. The zero-order valence-corrected chi connectivity index (χ0v) is 13.4. The van der Waals surface area contributed by atoms with Crippen LogP contribution < -0.4 is 5.32 Å². The van der Waals surface area contributed by atoms with Crippen LogP contribution in [0.5, 0.6) is 0 Å². The fourth-order valence-electron chi connectivity index (χ4n) is 2.15. The van der Waals surface area contributed by atoms with Gasteiger partial charge in [-0.3, -0.25) is 0 Å². The van der Waals surface area contributed by atoms with Crippen molar-refractivity contribution < 1.29 is 0 Å². The third-order valence-corrected chi connectivity index (χ3v) is 4.20. The van der Waals surface area contributed by atoms with Crippen LogP contribution in [-0.4, -0.2) is 7.05 Å². The Kier molecular flexibility index (Phi) is 5.03. The van der Waals surface area contributed by atoms with Gasteiger partial charge in [0.2, 0.25) is 0 Å². The lowest BCUT2D eigenvalue weighted by atomic mass is 9.98. The zero-order valence-electron chi connectivity index (χ0n) is 11.1. The first-order chi connectivity index (χ1) is 9.10. The van der Waals surface area contributed by atoms with Gasteiger partial charge in [0, 0.05) is 15.5 Å². The lowest BCUT2D eigenvalue weighted by Crippen LogP contribution is -2.19. The monoisotopic (exact) mass is 337 g/mol. The van der Waals surface area contributed by atoms with E-state index in [2.05, 4.69) is 58.5 Å². The summed E-state index contributed by atoms with van der Waals surface area (Å²) < 4.78 is 1.14. The van der Waals surface area contributed by atoms with Gasteiger partial charge in [0.15, 0.2) is 0 Å². The fourth-order valence-corrected chi connectivity index (χ4v) is 2.80. The molecule has 19 heavy (non-hydrogen) atoms. The predicted molar refractivity (Wildman–Crippen MR) is 85.8 cm³/mol. The van der Waals surface area contributed by atoms with E-state index < -0.39 is 0 Å². The molecule has 0 amide bonds. The van der Waals surface area contributed by atoms with Crippen LogP contribution in [0.4, 0.5) is 0 Å². The number of aryl methyl sites for hydroxylation is 1. The van der Waals surface area contributed by atoms with E-state index in [0.29, 0.717) is 0 Å². The average Bonchev–Trinajstić information content (AvgIpc) is 2.41. The molecule has 2 rings (SSSR count). The maximum Gasteiger partial charge on any atom is 0.0406 e. The molecule has 2 aromatic rings. The van der Waals surface area contributed by atoms with Crippen LogP contribution in [0.3, 0.4) is 0 Å². The first-order valence-electron chi connectivity index (χ1n) is 6.28. The van der Waals surface area contributed by atoms with Gasteiger partial charge in [-0.25, -0.2) is 0 Å². The summed E-state index contributed by atoms with van der Waals surface area (Å²) in [6.45, 7) is 2.12. The number of benzene rings is 2. The third kappa shape index (κ3) is 3.82. The summed E-state index contributed by atoms with van der Waals surface area (Å²) in [4.78, 5) is 0. The Morgan fingerprint density at radius 2 is 1.84 bits per heavy atom. The quantitative estimate of drug-likeness (QED) is 0.835. The number of hydrogen-bond acceptors (Lipinski definition) is 1. The molecule has 3 heteroatoms. The molecule has 100 valence electrons. The first-order valence-corrected chi connectivity index (χ1v) is 7.45. The second kappa shape index (κ2) is 6.56. The van der Waals surface area contributed by atoms with Crippen LogP contribution in [0.1, 0.15) is 22.7 Å². The van der Waals surface area contributed by atoms with Crippen molar-refractivity contribution in [1.82, 2.24) is 5.32 Å². The lowest BCUT2D eigenvalue weighted by molar-refractivity contribution is 0.589. The minimum absolute atomic E-state index is 0.287. The molecule has 0 aromatic heterocycles. The van der Waals surface area contributed by atoms with E-state index in [1.54, 1.807) is 0 Å². The minimum Gasteiger partial charge on any atom is -0.313 e. The van der Waals surface area contributed by atoms with Crippen molar-refractivity contribution in [3.63, 3.8) is 0 Å². The van der Waals surface area contributed by atoms with Crippen molar-refractivity contribution in [2.75, 3.05) is 7.05 Å². The maximum atomic E-state index is 5.92. The van der Waals surface area contributed by atoms with Crippen LogP contribution in [0.2, 0.25) is 5.02 Å². The molecule has 0 bridgehead atoms. The van der Waals surface area contributed by atoms with Crippen molar-refractivity contribution in [1.29, 1.82) is 0 Å². The minimum atomic E-state index is 0.287. The maximum absolute atomic E-state index is 5.92. The Morgan fingerprint density at radius 3 is 2.47 bits per heavy atom. The summed E-state index contributed by atoms with van der Waals surface area (Å²) in [7, 11) is 2.00. The highest BCUT2D eigenvalue weighted by molar-refractivity contribution is 9.10. The predicted octanol–water partition coefficient (Wildman–Crippen LogP) is 4.91. The molecule has 0 saturated carbocycles. The largest absolute Gasteiger partial charge is 0.313 e. The first kappa shape index (κ1) is 14.6. The Morgan fingerprint density at radius 1 is 1.16 bits per heavy atom. The van der Waals surface area contributed by atoms with E-state index >= 15 is 0 Å². The van der Waals surface area contributed by atoms with Gasteiger partial charge in [-0.1, -0.05) is 57.4 Å². The molecule has 2 aromatic carbocycles. The summed E-state index contributed by atoms with van der Waals surface area (Å²) >= 11 is 9.56. The number of halogens is 2. The highest BCUT2D eigenvalue weighted by Gasteiger charge is 2.13. The van der Waals surface area contributed by atoms with Crippen molar-refractivity contribution in [2.45, 2.75) is 19.4 Å². The molecule has 1 N–H and O–H groups in total. The lowest BCUT2D eigenvalue weighted by Gasteiger charge is -2.19. The van der Waals surface area contributed by atoms with Crippen molar-refractivity contribution >= 4 is 27.5 Å². The zero-order chi connectivity index (χ0) is 13.8. The third-order valence-electron chi connectivity index (χ3n) is 3.23. The van der Waals surface area contributed by atoms with Crippen LogP contribution in [0.15, 0.2) is 46.9 Å². The van der Waals surface area contributed by atoms with Gasteiger partial charge in [0.25, 0.3) is 0 Å². The summed E-state index contributed by atoms with van der Waals surface area (Å²) in [6.07, 6.45) is 0.940. The Bertz CT molecular complexity index is 551. The Balaban J connectivity index is 2.24. The van der Waals surface area contributed by atoms with Crippen molar-refractivity contribution in [3.05, 3.63) is 68.7 Å². The van der Waals surface area contributed by atoms with Crippen molar-refractivity contribution in [3.8, 4) is 0 Å². The molecule has 1 nitrogen and oxygen atoms in total. The van der Waals surface area contributed by atoms with Crippen LogP contribution in [0, 0.1) is 6.92 Å². The molecule has 0 aliphatic carbocycles. The molecular formula is C16H17BrClN. The highest BCUT2D eigenvalue weighted by atomic mass is 79.9. The van der Waals surface area contributed by atoms with Crippen LogP contribution >= 0.6 is 27.5 Å². The number of rotatable bonds is 4. The molecular weight excluding hydrogens is 322 g/mol. The summed E-state index contributed by atoms with van der Waals surface area (Å²) in [6, 6.07) is 14.8. The normalized spacial score (nSPS) is 12.4. The summed E-state index contributed by atoms with van der Waals surface area (Å²) in [5, 5.41) is 4.17. The van der Waals surface area contributed by atoms with E-state index in [4.69, 9.17) is 11.6 Å². The van der Waals surface area contributed by atoms with E-state index in [0.717, 1.165) is 15.9 Å². The van der Waals surface area contributed by atoms with Crippen LogP contribution in [0.25, 0.3) is 0 Å². The highest BCUT2D eigenvalue weighted by Crippen LogP contribution is 2.27. The van der Waals surface area contributed by atoms with Crippen molar-refractivity contribution in [2.24, 2.45) is 0 Å². The molecule has 1 atom stereocenters. The molecule has 0 aliphatic heterocycles. The molecule has 0 heterocycles. The van der Waals surface area contributed by atoms with Gasteiger partial charge in [0.1, 0.15) is 0 Å². The second-order valence-electron chi connectivity index (χ2n) is 4.70. The topological polar surface area (TPSA) is 12.0 Å². The van der Waals surface area contributed by atoms with E-state index in [9.17, 15) is 0 Å².